The summed E-state index contributed by atoms with van der Waals surface area (Å²) in [5, 5.41) is 3.22. The number of primary amides is 1. The Balaban J connectivity index is 1.84. The van der Waals surface area contributed by atoms with E-state index in [2.05, 4.69) is 20.3 Å². The van der Waals surface area contributed by atoms with E-state index < -0.39 is 5.91 Å². The van der Waals surface area contributed by atoms with Crippen LogP contribution in [0.3, 0.4) is 0 Å². The second-order valence-corrected chi connectivity index (χ2v) is 5.94. The normalized spacial score (nSPS) is 10.9. The monoisotopic (exact) mass is 371 g/mol. The molecule has 9 heteroatoms. The first-order valence-corrected chi connectivity index (χ1v) is 8.19. The van der Waals surface area contributed by atoms with Gasteiger partial charge in [-0.1, -0.05) is 0 Å². The summed E-state index contributed by atoms with van der Waals surface area (Å²) in [4.78, 5) is 34.5. The summed E-state index contributed by atoms with van der Waals surface area (Å²) in [7, 11) is 0. The number of hydrogen-bond donors (Lipinski definition) is 3. The molecular formula is C18H18FN5O3. The van der Waals surface area contributed by atoms with E-state index in [1.54, 1.807) is 19.1 Å². The van der Waals surface area contributed by atoms with Crippen molar-refractivity contribution in [1.82, 2.24) is 20.3 Å². The van der Waals surface area contributed by atoms with Crippen LogP contribution < -0.4 is 21.3 Å². The van der Waals surface area contributed by atoms with Gasteiger partial charge in [0.2, 0.25) is 5.91 Å². The number of aromatic nitrogens is 3. The Morgan fingerprint density at radius 1 is 1.37 bits per heavy atom. The molecule has 0 fully saturated rings. The second kappa shape index (κ2) is 7.92. The Morgan fingerprint density at radius 2 is 2.19 bits per heavy atom. The average Bonchev–Trinajstić information content (AvgIpc) is 2.63. The zero-order valence-corrected chi connectivity index (χ0v) is 14.6. The zero-order valence-electron chi connectivity index (χ0n) is 14.6. The van der Waals surface area contributed by atoms with Crippen molar-refractivity contribution in [2.45, 2.75) is 20.1 Å². The standard InChI is InChI=1S/C18H18FN5O3/c1-10-6-11(2-3-13(10)19)27-9-16-23-17-12(18(26)24-16)4-5-22-14(17)7-21-8-15(20)25/h2-6,21H,7-9H2,1H3,(H2,20,25)(H,23,24,26). The van der Waals surface area contributed by atoms with E-state index in [1.807, 2.05) is 0 Å². The molecule has 0 radical (unpaired) electrons. The lowest BCUT2D eigenvalue weighted by atomic mass is 10.2. The van der Waals surface area contributed by atoms with Crippen LogP contribution in [0.25, 0.3) is 10.9 Å². The quantitative estimate of drug-likeness (QED) is 0.567. The lowest BCUT2D eigenvalue weighted by Gasteiger charge is -2.09. The van der Waals surface area contributed by atoms with Crippen LogP contribution in [0.5, 0.6) is 5.75 Å². The minimum absolute atomic E-state index is 0.000693. The predicted molar refractivity (Wildman–Crippen MR) is 96.5 cm³/mol. The van der Waals surface area contributed by atoms with E-state index >= 15 is 0 Å². The van der Waals surface area contributed by atoms with E-state index in [0.717, 1.165) is 0 Å². The van der Waals surface area contributed by atoms with Crippen LogP contribution in [-0.2, 0) is 17.9 Å². The van der Waals surface area contributed by atoms with Gasteiger partial charge < -0.3 is 20.8 Å². The molecule has 3 aromatic rings. The van der Waals surface area contributed by atoms with E-state index in [0.29, 0.717) is 33.7 Å². The maximum atomic E-state index is 13.3. The first-order valence-electron chi connectivity index (χ1n) is 8.19. The third-order valence-corrected chi connectivity index (χ3v) is 3.85. The second-order valence-electron chi connectivity index (χ2n) is 5.94. The number of pyridine rings is 1. The Hall–Kier alpha value is -3.33. The summed E-state index contributed by atoms with van der Waals surface area (Å²) in [5.74, 6) is -0.0479. The molecule has 27 heavy (non-hydrogen) atoms. The first kappa shape index (κ1) is 18.5. The number of hydrogen-bond acceptors (Lipinski definition) is 6. The van der Waals surface area contributed by atoms with Gasteiger partial charge in [-0.15, -0.1) is 0 Å². The molecule has 0 unspecified atom stereocenters. The fourth-order valence-corrected chi connectivity index (χ4v) is 2.53. The van der Waals surface area contributed by atoms with Crippen molar-refractivity contribution in [3.05, 3.63) is 63.7 Å². The maximum absolute atomic E-state index is 13.3. The Kier molecular flexibility index (Phi) is 5.41. The van der Waals surface area contributed by atoms with Gasteiger partial charge in [0.05, 0.1) is 17.6 Å². The minimum Gasteiger partial charge on any atom is -0.486 e. The molecule has 0 bridgehead atoms. The molecule has 1 amide bonds. The van der Waals surface area contributed by atoms with Crippen LogP contribution in [0, 0.1) is 12.7 Å². The van der Waals surface area contributed by atoms with Gasteiger partial charge in [0, 0.05) is 12.7 Å². The molecule has 0 atom stereocenters. The van der Waals surface area contributed by atoms with E-state index in [-0.39, 0.29) is 31.1 Å². The molecule has 140 valence electrons. The molecule has 2 heterocycles. The fraction of sp³-hybridized carbons (Fsp3) is 0.222. The number of benzene rings is 1. The zero-order chi connectivity index (χ0) is 19.4. The maximum Gasteiger partial charge on any atom is 0.258 e. The van der Waals surface area contributed by atoms with Gasteiger partial charge in [-0.25, -0.2) is 9.37 Å². The molecule has 0 saturated carbocycles. The van der Waals surface area contributed by atoms with Crippen LogP contribution in [0.1, 0.15) is 17.1 Å². The number of aromatic amines is 1. The topological polar surface area (TPSA) is 123 Å². The highest BCUT2D eigenvalue weighted by atomic mass is 19.1. The number of carbonyl (C=O) groups is 1. The molecule has 8 nitrogen and oxygen atoms in total. The fourth-order valence-electron chi connectivity index (χ4n) is 2.53. The predicted octanol–water partition coefficient (Wildman–Crippen LogP) is 0.920. The lowest BCUT2D eigenvalue weighted by molar-refractivity contribution is -0.117. The third kappa shape index (κ3) is 4.45. The molecule has 4 N–H and O–H groups in total. The highest BCUT2D eigenvalue weighted by Crippen LogP contribution is 2.17. The van der Waals surface area contributed by atoms with Crippen molar-refractivity contribution in [1.29, 1.82) is 0 Å². The molecule has 0 aliphatic carbocycles. The van der Waals surface area contributed by atoms with Gasteiger partial charge >= 0.3 is 0 Å². The lowest BCUT2D eigenvalue weighted by Crippen LogP contribution is -2.28. The van der Waals surface area contributed by atoms with Gasteiger partial charge in [0.1, 0.15) is 29.5 Å². The highest BCUT2D eigenvalue weighted by molar-refractivity contribution is 5.79. The van der Waals surface area contributed by atoms with E-state index in [1.165, 1.54) is 18.3 Å². The molecule has 0 aliphatic heterocycles. The number of nitrogens with zero attached hydrogens (tertiary/aromatic N) is 2. The summed E-state index contributed by atoms with van der Waals surface area (Å²) in [6.07, 6.45) is 1.50. The van der Waals surface area contributed by atoms with Crippen molar-refractivity contribution in [2.24, 2.45) is 5.73 Å². The first-order chi connectivity index (χ1) is 12.9. The number of H-pyrrole nitrogens is 1. The number of nitrogens with two attached hydrogens (primary N) is 1. The minimum atomic E-state index is -0.496. The summed E-state index contributed by atoms with van der Waals surface area (Å²) in [6.45, 7) is 1.85. The number of ether oxygens (including phenoxy) is 1. The van der Waals surface area contributed by atoms with Crippen molar-refractivity contribution < 1.29 is 13.9 Å². The number of rotatable bonds is 7. The van der Waals surface area contributed by atoms with Gasteiger partial charge in [-0.3, -0.25) is 14.6 Å². The summed E-state index contributed by atoms with van der Waals surface area (Å²) < 4.78 is 18.9. The van der Waals surface area contributed by atoms with Crippen LogP contribution in [-0.4, -0.2) is 27.4 Å². The average molecular weight is 371 g/mol. The van der Waals surface area contributed by atoms with Crippen LogP contribution in [0.4, 0.5) is 4.39 Å². The molecule has 3 rings (SSSR count). The number of nitrogens with one attached hydrogen (secondary N) is 2. The number of amides is 1. The van der Waals surface area contributed by atoms with Gasteiger partial charge in [0.15, 0.2) is 0 Å². The van der Waals surface area contributed by atoms with Gasteiger partial charge in [-0.2, -0.15) is 0 Å². The Bertz CT molecular complexity index is 1050. The van der Waals surface area contributed by atoms with Crippen molar-refractivity contribution in [3.8, 4) is 5.75 Å². The summed E-state index contributed by atoms with van der Waals surface area (Å²) >= 11 is 0. The van der Waals surface area contributed by atoms with Crippen LogP contribution >= 0.6 is 0 Å². The van der Waals surface area contributed by atoms with Crippen molar-refractivity contribution in [3.63, 3.8) is 0 Å². The summed E-state index contributed by atoms with van der Waals surface area (Å²) in [6, 6.07) is 5.94. The number of halogens is 1. The molecular weight excluding hydrogens is 353 g/mol. The number of aryl methyl sites for hydroxylation is 1. The molecule has 0 saturated heterocycles. The summed E-state index contributed by atoms with van der Waals surface area (Å²) in [5.41, 5.74) is 6.15. The number of carbonyl (C=O) groups excluding carboxylic acids is 1. The molecule has 0 aliphatic rings. The van der Waals surface area contributed by atoms with Crippen LogP contribution in [0.15, 0.2) is 35.3 Å². The van der Waals surface area contributed by atoms with E-state index in [9.17, 15) is 14.0 Å². The van der Waals surface area contributed by atoms with Crippen LogP contribution in [0.2, 0.25) is 0 Å². The van der Waals surface area contributed by atoms with Gasteiger partial charge in [-0.05, 0) is 36.8 Å². The smallest absolute Gasteiger partial charge is 0.258 e. The SMILES string of the molecule is Cc1cc(OCc2nc3c(CNCC(N)=O)nccc3c(=O)[nH]2)ccc1F. The molecule has 1 aromatic carbocycles. The van der Waals surface area contributed by atoms with Crippen molar-refractivity contribution in [2.75, 3.05) is 6.54 Å². The largest absolute Gasteiger partial charge is 0.486 e. The highest BCUT2D eigenvalue weighted by Gasteiger charge is 2.10. The van der Waals surface area contributed by atoms with E-state index in [4.69, 9.17) is 10.5 Å². The third-order valence-electron chi connectivity index (χ3n) is 3.85. The Labute approximate surface area is 153 Å². The number of fused-ring (bicyclic) bond motifs is 1. The Morgan fingerprint density at radius 3 is 2.93 bits per heavy atom. The van der Waals surface area contributed by atoms with Crippen molar-refractivity contribution >= 4 is 16.8 Å². The molecule has 2 aromatic heterocycles. The molecule has 0 spiro atoms. The van der Waals surface area contributed by atoms with Gasteiger partial charge in [0.25, 0.3) is 5.56 Å².